The first-order valence-corrected chi connectivity index (χ1v) is 15.5. The lowest BCUT2D eigenvalue weighted by Gasteiger charge is -2.38. The minimum absolute atomic E-state index is 0.00746. The molecule has 0 aromatic heterocycles. The molecule has 9 heteroatoms. The molecule has 3 aromatic rings. The number of anilines is 3. The van der Waals surface area contributed by atoms with Gasteiger partial charge in [0.2, 0.25) is 0 Å². The number of rotatable bonds is 9. The molecule has 5 rings (SSSR count). The Morgan fingerprint density at radius 1 is 0.818 bits per heavy atom. The molecular weight excluding hydrogens is 554 g/mol. The van der Waals surface area contributed by atoms with E-state index in [4.69, 9.17) is 9.47 Å². The molecule has 0 unspecified atom stereocenters. The van der Waals surface area contributed by atoms with Gasteiger partial charge in [-0.1, -0.05) is 45.0 Å². The van der Waals surface area contributed by atoms with Crippen molar-refractivity contribution in [3.63, 3.8) is 0 Å². The number of ether oxygens (including phenoxy) is 2. The van der Waals surface area contributed by atoms with E-state index >= 15 is 0 Å². The van der Waals surface area contributed by atoms with Gasteiger partial charge in [0, 0.05) is 69.3 Å². The molecule has 0 bridgehead atoms. The molecule has 2 aliphatic rings. The van der Waals surface area contributed by atoms with E-state index in [9.17, 15) is 9.59 Å². The number of hydrogen-bond acceptors (Lipinski definition) is 7. The van der Waals surface area contributed by atoms with Gasteiger partial charge >= 0.3 is 0 Å². The Kier molecular flexibility index (Phi) is 10.1. The van der Waals surface area contributed by atoms with Gasteiger partial charge in [-0.15, -0.1) is 0 Å². The molecule has 0 aliphatic carbocycles. The van der Waals surface area contributed by atoms with Crippen molar-refractivity contribution in [1.82, 2.24) is 10.2 Å². The zero-order valence-electron chi connectivity index (χ0n) is 26.4. The summed E-state index contributed by atoms with van der Waals surface area (Å²) < 4.78 is 11.0. The van der Waals surface area contributed by atoms with Crippen LogP contribution in [0.1, 0.15) is 47.1 Å². The molecule has 3 aromatic carbocycles. The largest absolute Gasteiger partial charge is 0.495 e. The maximum absolute atomic E-state index is 13.6. The molecule has 2 fully saturated rings. The minimum atomic E-state index is -0.206. The van der Waals surface area contributed by atoms with Crippen LogP contribution >= 0.6 is 0 Å². The number of amides is 2. The number of methoxy groups -OCH3 is 1. The van der Waals surface area contributed by atoms with Gasteiger partial charge in [0.1, 0.15) is 5.75 Å². The summed E-state index contributed by atoms with van der Waals surface area (Å²) in [5.41, 5.74) is 4.83. The summed E-state index contributed by atoms with van der Waals surface area (Å²) in [5, 5.41) is 6.13. The Morgan fingerprint density at radius 3 is 2.14 bits per heavy atom. The van der Waals surface area contributed by atoms with E-state index in [1.807, 2.05) is 54.6 Å². The zero-order valence-corrected chi connectivity index (χ0v) is 26.4. The minimum Gasteiger partial charge on any atom is -0.495 e. The Morgan fingerprint density at radius 2 is 1.48 bits per heavy atom. The van der Waals surface area contributed by atoms with Gasteiger partial charge in [0.15, 0.2) is 0 Å². The van der Waals surface area contributed by atoms with Crippen molar-refractivity contribution in [2.45, 2.75) is 26.2 Å². The van der Waals surface area contributed by atoms with Crippen LogP contribution in [0.3, 0.4) is 0 Å². The van der Waals surface area contributed by atoms with Crippen LogP contribution in [0.4, 0.5) is 17.1 Å². The highest BCUT2D eigenvalue weighted by molar-refractivity contribution is 6.06. The van der Waals surface area contributed by atoms with Crippen LogP contribution in [0.5, 0.6) is 5.75 Å². The standard InChI is InChI=1S/C35H45N5O4/c1-35(2,3)27-11-9-26(10-12-27)33(41)37-28-13-14-30(29(25-28)34(42)36-15-16-38-21-23-44-24-22-38)39-17-19-40(20-18-39)31-7-5-6-8-32(31)43-4/h5-14,25H,15-24H2,1-4H3,(H,36,42)(H,37,41). The molecule has 0 saturated carbocycles. The number of nitrogens with one attached hydrogen (secondary N) is 2. The lowest BCUT2D eigenvalue weighted by Crippen LogP contribution is -2.47. The second-order valence-electron chi connectivity index (χ2n) is 12.4. The van der Waals surface area contributed by atoms with Crippen molar-refractivity contribution in [2.75, 3.05) is 87.8 Å². The van der Waals surface area contributed by atoms with E-state index in [1.165, 1.54) is 5.56 Å². The summed E-state index contributed by atoms with van der Waals surface area (Å²) in [7, 11) is 1.69. The summed E-state index contributed by atoms with van der Waals surface area (Å²) in [6.07, 6.45) is 0. The molecule has 0 spiro atoms. The maximum atomic E-state index is 13.6. The van der Waals surface area contributed by atoms with Gasteiger partial charge in [-0.25, -0.2) is 0 Å². The van der Waals surface area contributed by atoms with Gasteiger partial charge in [-0.05, 0) is 53.4 Å². The number of carbonyl (C=O) groups is 2. The first-order valence-electron chi connectivity index (χ1n) is 15.5. The number of hydrogen-bond donors (Lipinski definition) is 2. The highest BCUT2D eigenvalue weighted by Gasteiger charge is 2.24. The van der Waals surface area contributed by atoms with Gasteiger partial charge in [0.05, 0.1) is 31.6 Å². The number of nitrogens with zero attached hydrogens (tertiary/aromatic N) is 3. The van der Waals surface area contributed by atoms with E-state index in [0.717, 1.165) is 76.2 Å². The van der Waals surface area contributed by atoms with Crippen LogP contribution in [0.25, 0.3) is 0 Å². The van der Waals surface area contributed by atoms with Crippen molar-refractivity contribution in [3.05, 3.63) is 83.4 Å². The van der Waals surface area contributed by atoms with E-state index in [-0.39, 0.29) is 17.2 Å². The molecule has 0 atom stereocenters. The van der Waals surface area contributed by atoms with Crippen LogP contribution in [0.2, 0.25) is 0 Å². The molecule has 9 nitrogen and oxygen atoms in total. The fraction of sp³-hybridized carbons (Fsp3) is 0.429. The van der Waals surface area contributed by atoms with Gasteiger partial charge in [-0.2, -0.15) is 0 Å². The Labute approximate surface area is 261 Å². The van der Waals surface area contributed by atoms with E-state index in [1.54, 1.807) is 13.2 Å². The average Bonchev–Trinajstić information content (AvgIpc) is 3.05. The second-order valence-corrected chi connectivity index (χ2v) is 12.4. The Hall–Kier alpha value is -4.08. The molecule has 234 valence electrons. The van der Waals surface area contributed by atoms with Crippen molar-refractivity contribution in [2.24, 2.45) is 0 Å². The number of piperazine rings is 1. The van der Waals surface area contributed by atoms with E-state index < -0.39 is 0 Å². The quantitative estimate of drug-likeness (QED) is 0.371. The smallest absolute Gasteiger partial charge is 0.255 e. The van der Waals surface area contributed by atoms with Crippen molar-refractivity contribution < 1.29 is 19.1 Å². The van der Waals surface area contributed by atoms with Crippen molar-refractivity contribution >= 4 is 28.9 Å². The summed E-state index contributed by atoms with van der Waals surface area (Å²) in [5.74, 6) is 0.503. The lowest BCUT2D eigenvalue weighted by atomic mass is 9.87. The first-order chi connectivity index (χ1) is 21.2. The molecular formula is C35H45N5O4. The SMILES string of the molecule is COc1ccccc1N1CCN(c2ccc(NC(=O)c3ccc(C(C)(C)C)cc3)cc2C(=O)NCCN2CCOCC2)CC1. The number of benzene rings is 3. The van der Waals surface area contributed by atoms with Crippen LogP contribution in [0, 0.1) is 0 Å². The monoisotopic (exact) mass is 599 g/mol. The predicted octanol–water partition coefficient (Wildman–Crippen LogP) is 4.63. The van der Waals surface area contributed by atoms with Crippen LogP contribution in [-0.2, 0) is 10.2 Å². The van der Waals surface area contributed by atoms with Crippen LogP contribution < -0.4 is 25.2 Å². The fourth-order valence-electron chi connectivity index (χ4n) is 5.72. The normalized spacial score (nSPS) is 16.0. The number of morpholine rings is 1. The number of carbonyl (C=O) groups excluding carboxylic acids is 2. The predicted molar refractivity (Wildman–Crippen MR) is 177 cm³/mol. The second kappa shape index (κ2) is 14.1. The third-order valence-corrected chi connectivity index (χ3v) is 8.38. The van der Waals surface area contributed by atoms with Crippen molar-refractivity contribution in [3.8, 4) is 5.75 Å². The molecule has 0 radical (unpaired) electrons. The Balaban J connectivity index is 1.31. The zero-order chi connectivity index (χ0) is 31.1. The maximum Gasteiger partial charge on any atom is 0.255 e. The third kappa shape index (κ3) is 7.70. The van der Waals surface area contributed by atoms with E-state index in [2.05, 4.69) is 52.2 Å². The first kappa shape index (κ1) is 31.3. The highest BCUT2D eigenvalue weighted by atomic mass is 16.5. The average molecular weight is 600 g/mol. The molecule has 2 saturated heterocycles. The summed E-state index contributed by atoms with van der Waals surface area (Å²) >= 11 is 0. The third-order valence-electron chi connectivity index (χ3n) is 8.38. The summed E-state index contributed by atoms with van der Waals surface area (Å²) in [6, 6.07) is 21.4. The van der Waals surface area contributed by atoms with Crippen LogP contribution in [0.15, 0.2) is 66.7 Å². The summed E-state index contributed by atoms with van der Waals surface area (Å²) in [6.45, 7) is 14.0. The lowest BCUT2D eigenvalue weighted by molar-refractivity contribution is 0.0383. The topological polar surface area (TPSA) is 86.4 Å². The molecule has 2 amide bonds. The van der Waals surface area contributed by atoms with Gasteiger partial charge in [-0.3, -0.25) is 14.5 Å². The summed E-state index contributed by atoms with van der Waals surface area (Å²) in [4.78, 5) is 33.7. The van der Waals surface area contributed by atoms with Gasteiger partial charge < -0.3 is 29.9 Å². The number of para-hydroxylation sites is 2. The molecule has 44 heavy (non-hydrogen) atoms. The van der Waals surface area contributed by atoms with Crippen molar-refractivity contribution in [1.29, 1.82) is 0 Å². The molecule has 2 N–H and O–H groups in total. The molecule has 2 aliphatic heterocycles. The van der Waals surface area contributed by atoms with E-state index in [0.29, 0.717) is 23.4 Å². The Bertz CT molecular complexity index is 1420. The highest BCUT2D eigenvalue weighted by Crippen LogP contribution is 2.31. The molecule has 2 heterocycles. The van der Waals surface area contributed by atoms with Gasteiger partial charge in [0.25, 0.3) is 11.8 Å². The fourth-order valence-corrected chi connectivity index (χ4v) is 5.72. The van der Waals surface area contributed by atoms with Crippen LogP contribution in [-0.4, -0.2) is 89.4 Å².